The molecule has 1 N–H and O–H groups in total. The van der Waals surface area contributed by atoms with Gasteiger partial charge in [0.2, 0.25) is 0 Å². The summed E-state index contributed by atoms with van der Waals surface area (Å²) in [6.07, 6.45) is 10.0. The lowest BCUT2D eigenvalue weighted by Crippen LogP contribution is -2.47. The Kier molecular flexibility index (Phi) is 4.82. The zero-order valence-electron chi connectivity index (χ0n) is 10.5. The lowest BCUT2D eigenvalue weighted by atomic mass is 10.1. The molecule has 1 saturated carbocycles. The molecular formula is C12H24N2O2S. The fourth-order valence-electron chi connectivity index (χ4n) is 2.79. The molecule has 0 atom stereocenters. The summed E-state index contributed by atoms with van der Waals surface area (Å²) in [6.45, 7) is 1.39. The Hall–Kier alpha value is -0.130. The number of hydrogen-bond donors (Lipinski definition) is 1. The lowest BCUT2D eigenvalue weighted by molar-refractivity contribution is 0.336. The minimum atomic E-state index is -3.22. The third-order valence-electron chi connectivity index (χ3n) is 3.83. The highest BCUT2D eigenvalue weighted by atomic mass is 32.2. The Morgan fingerprint density at radius 2 is 1.35 bits per heavy atom. The quantitative estimate of drug-likeness (QED) is 0.789. The molecule has 1 aliphatic heterocycles. The number of nitrogens with zero attached hydrogens (tertiary/aromatic N) is 1. The normalized spacial score (nSPS) is 25.6. The number of nitrogens with one attached hydrogen (secondary N) is 1. The number of hydrogen-bond acceptors (Lipinski definition) is 2. The summed E-state index contributed by atoms with van der Waals surface area (Å²) in [5, 5.41) is 0. The van der Waals surface area contributed by atoms with Gasteiger partial charge in [-0.2, -0.15) is 17.4 Å². The Bertz CT molecular complexity index is 315. The van der Waals surface area contributed by atoms with Crippen LogP contribution >= 0.6 is 0 Å². The Morgan fingerprint density at radius 1 is 0.824 bits per heavy atom. The topological polar surface area (TPSA) is 49.4 Å². The van der Waals surface area contributed by atoms with Crippen molar-refractivity contribution in [2.75, 3.05) is 13.1 Å². The maximum atomic E-state index is 12.2. The van der Waals surface area contributed by atoms with Crippen LogP contribution in [-0.2, 0) is 10.2 Å². The van der Waals surface area contributed by atoms with Crippen LogP contribution in [-0.4, -0.2) is 31.9 Å². The average Bonchev–Trinajstić information content (AvgIpc) is 2.58. The van der Waals surface area contributed by atoms with E-state index in [9.17, 15) is 8.42 Å². The molecule has 4 nitrogen and oxygen atoms in total. The molecule has 0 bridgehead atoms. The van der Waals surface area contributed by atoms with E-state index in [1.807, 2.05) is 0 Å². The van der Waals surface area contributed by atoms with E-state index in [4.69, 9.17) is 0 Å². The zero-order chi connectivity index (χ0) is 12.1. The highest BCUT2D eigenvalue weighted by molar-refractivity contribution is 7.87. The molecule has 1 heterocycles. The van der Waals surface area contributed by atoms with E-state index in [1.54, 1.807) is 4.31 Å². The predicted octanol–water partition coefficient (Wildman–Crippen LogP) is 2.03. The molecule has 0 spiro atoms. The summed E-state index contributed by atoms with van der Waals surface area (Å²) >= 11 is 0. The van der Waals surface area contributed by atoms with Gasteiger partial charge in [0.25, 0.3) is 10.2 Å². The van der Waals surface area contributed by atoms with E-state index in [0.717, 1.165) is 44.9 Å². The first-order valence-electron chi connectivity index (χ1n) is 6.96. The van der Waals surface area contributed by atoms with Gasteiger partial charge in [0, 0.05) is 19.1 Å². The van der Waals surface area contributed by atoms with E-state index < -0.39 is 10.2 Å². The molecule has 100 valence electrons. The summed E-state index contributed by atoms with van der Waals surface area (Å²) in [6, 6.07) is 0.171. The van der Waals surface area contributed by atoms with Gasteiger partial charge in [-0.25, -0.2) is 0 Å². The Balaban J connectivity index is 1.90. The van der Waals surface area contributed by atoms with Crippen molar-refractivity contribution in [2.24, 2.45) is 0 Å². The first-order valence-corrected chi connectivity index (χ1v) is 8.40. The smallest absolute Gasteiger partial charge is 0.199 e. The van der Waals surface area contributed by atoms with Crippen molar-refractivity contribution >= 4 is 10.2 Å². The van der Waals surface area contributed by atoms with E-state index in [-0.39, 0.29) is 6.04 Å². The molecule has 17 heavy (non-hydrogen) atoms. The zero-order valence-corrected chi connectivity index (χ0v) is 11.3. The van der Waals surface area contributed by atoms with Crippen LogP contribution in [0.1, 0.15) is 57.8 Å². The van der Waals surface area contributed by atoms with Crippen LogP contribution in [0.2, 0.25) is 0 Å². The van der Waals surface area contributed by atoms with E-state index in [0.29, 0.717) is 13.1 Å². The Labute approximate surface area is 105 Å². The van der Waals surface area contributed by atoms with E-state index >= 15 is 0 Å². The third-order valence-corrected chi connectivity index (χ3v) is 5.50. The van der Waals surface area contributed by atoms with Gasteiger partial charge >= 0.3 is 0 Å². The standard InChI is InChI=1S/C12H24N2O2S/c15-17(16,14-10-6-3-7-11-14)13-12-8-4-1-2-5-9-12/h12-13H,1-11H2. The van der Waals surface area contributed by atoms with E-state index in [1.165, 1.54) is 12.8 Å². The van der Waals surface area contributed by atoms with Crippen molar-refractivity contribution in [1.82, 2.24) is 9.03 Å². The molecule has 2 fully saturated rings. The van der Waals surface area contributed by atoms with Crippen LogP contribution in [0, 0.1) is 0 Å². The van der Waals surface area contributed by atoms with Crippen molar-refractivity contribution < 1.29 is 8.42 Å². The molecule has 0 unspecified atom stereocenters. The maximum Gasteiger partial charge on any atom is 0.279 e. The minimum absolute atomic E-state index is 0.171. The molecule has 1 aliphatic carbocycles. The molecule has 0 aromatic rings. The van der Waals surface area contributed by atoms with E-state index in [2.05, 4.69) is 4.72 Å². The van der Waals surface area contributed by atoms with Crippen LogP contribution in [0.5, 0.6) is 0 Å². The Morgan fingerprint density at radius 3 is 1.94 bits per heavy atom. The van der Waals surface area contributed by atoms with Crippen molar-refractivity contribution in [1.29, 1.82) is 0 Å². The predicted molar refractivity (Wildman–Crippen MR) is 69.0 cm³/mol. The summed E-state index contributed by atoms with van der Waals surface area (Å²) < 4.78 is 28.9. The maximum absolute atomic E-state index is 12.2. The molecular weight excluding hydrogens is 236 g/mol. The van der Waals surface area contributed by atoms with Gasteiger partial charge in [-0.3, -0.25) is 0 Å². The summed E-state index contributed by atoms with van der Waals surface area (Å²) in [5.74, 6) is 0. The first-order chi connectivity index (χ1) is 8.18. The van der Waals surface area contributed by atoms with Crippen molar-refractivity contribution in [3.8, 4) is 0 Å². The lowest BCUT2D eigenvalue weighted by Gasteiger charge is -2.28. The van der Waals surface area contributed by atoms with Crippen LogP contribution in [0.3, 0.4) is 0 Å². The number of piperidine rings is 1. The second kappa shape index (κ2) is 6.16. The van der Waals surface area contributed by atoms with Crippen molar-refractivity contribution in [3.63, 3.8) is 0 Å². The van der Waals surface area contributed by atoms with Crippen molar-refractivity contribution in [3.05, 3.63) is 0 Å². The molecule has 1 saturated heterocycles. The van der Waals surface area contributed by atoms with Gasteiger partial charge in [0.15, 0.2) is 0 Å². The molecule has 0 aromatic heterocycles. The van der Waals surface area contributed by atoms with Gasteiger partial charge < -0.3 is 0 Å². The molecule has 5 heteroatoms. The third kappa shape index (κ3) is 3.93. The molecule has 2 aliphatic rings. The molecule has 0 radical (unpaired) electrons. The van der Waals surface area contributed by atoms with Crippen LogP contribution < -0.4 is 4.72 Å². The largest absolute Gasteiger partial charge is 0.279 e. The molecule has 0 aromatic carbocycles. The summed E-state index contributed by atoms with van der Waals surface area (Å²) in [5.41, 5.74) is 0. The molecule has 2 rings (SSSR count). The average molecular weight is 260 g/mol. The second-order valence-electron chi connectivity index (χ2n) is 5.27. The molecule has 0 amide bonds. The van der Waals surface area contributed by atoms with Crippen LogP contribution in [0.25, 0.3) is 0 Å². The van der Waals surface area contributed by atoms with Gasteiger partial charge in [-0.05, 0) is 25.7 Å². The number of rotatable bonds is 3. The van der Waals surface area contributed by atoms with Crippen LogP contribution in [0.15, 0.2) is 0 Å². The fraction of sp³-hybridized carbons (Fsp3) is 1.00. The minimum Gasteiger partial charge on any atom is -0.199 e. The van der Waals surface area contributed by atoms with Crippen LogP contribution in [0.4, 0.5) is 0 Å². The second-order valence-corrected chi connectivity index (χ2v) is 6.97. The van der Waals surface area contributed by atoms with Gasteiger partial charge in [0.05, 0.1) is 0 Å². The van der Waals surface area contributed by atoms with Gasteiger partial charge in [-0.1, -0.05) is 32.1 Å². The highest BCUT2D eigenvalue weighted by Crippen LogP contribution is 2.19. The SMILES string of the molecule is O=S(=O)(NC1CCCCCC1)N1CCCCC1. The highest BCUT2D eigenvalue weighted by Gasteiger charge is 2.26. The fourth-order valence-corrected chi connectivity index (χ4v) is 4.33. The monoisotopic (exact) mass is 260 g/mol. The summed E-state index contributed by atoms with van der Waals surface area (Å²) in [7, 11) is -3.22. The van der Waals surface area contributed by atoms with Gasteiger partial charge in [0.1, 0.15) is 0 Å². The van der Waals surface area contributed by atoms with Gasteiger partial charge in [-0.15, -0.1) is 0 Å². The van der Waals surface area contributed by atoms with Crippen molar-refractivity contribution in [2.45, 2.75) is 63.8 Å². The summed E-state index contributed by atoms with van der Waals surface area (Å²) in [4.78, 5) is 0. The first kappa shape index (κ1) is 13.3.